The third-order valence-corrected chi connectivity index (χ3v) is 13.7. The number of nitrogens with zero attached hydrogens (tertiary/aromatic N) is 1. The fraction of sp³-hybridized carbons (Fsp3) is 0. The number of benzene rings is 11. The van der Waals surface area contributed by atoms with Crippen molar-refractivity contribution in [1.29, 1.82) is 0 Å². The summed E-state index contributed by atoms with van der Waals surface area (Å²) in [6.07, 6.45) is 0. The second-order valence-corrected chi connectivity index (χ2v) is 17.1. The van der Waals surface area contributed by atoms with Crippen LogP contribution in [0.2, 0.25) is 0 Å². The first-order chi connectivity index (χ1) is 30.8. The molecule has 0 radical (unpaired) electrons. The smallest absolute Gasteiger partial charge is 0.0624 e. The van der Waals surface area contributed by atoms with Crippen LogP contribution < -0.4 is 4.90 Å². The number of anilines is 3. The molecule has 1 aromatic heterocycles. The highest BCUT2D eigenvalue weighted by Gasteiger charge is 2.24. The van der Waals surface area contributed by atoms with Crippen molar-refractivity contribution < 1.29 is 0 Å². The summed E-state index contributed by atoms with van der Waals surface area (Å²) in [5, 5.41) is 9.98. The quantitative estimate of drug-likeness (QED) is 0.145. The summed E-state index contributed by atoms with van der Waals surface area (Å²) in [5.74, 6) is 0. The summed E-state index contributed by atoms with van der Waals surface area (Å²) < 4.78 is 2.64. The molecule has 0 aliphatic rings. The lowest BCUT2D eigenvalue weighted by Gasteiger charge is -2.31. The van der Waals surface area contributed by atoms with E-state index in [0.717, 1.165) is 17.1 Å². The Bertz CT molecular complexity index is 3620. The Balaban J connectivity index is 1.10. The Kier molecular flexibility index (Phi) is 8.76. The molecule has 0 saturated carbocycles. The third kappa shape index (κ3) is 6.07. The third-order valence-electron chi connectivity index (χ3n) is 12.5. The SMILES string of the molecule is c1ccc(-c2ccccc2-c2ccc(N(c3ccc(-c4cccc5c4sc4ccccc45)cc3)c3c(-c4ccc5ccccc5c4)c4ccccc4c4ccccc34)cc2)cc1. The van der Waals surface area contributed by atoms with Crippen LogP contribution in [0.5, 0.6) is 0 Å². The fourth-order valence-corrected chi connectivity index (χ4v) is 10.8. The van der Waals surface area contributed by atoms with E-state index < -0.39 is 0 Å². The Morgan fingerprint density at radius 3 is 1.48 bits per heavy atom. The van der Waals surface area contributed by atoms with E-state index >= 15 is 0 Å². The van der Waals surface area contributed by atoms with Crippen LogP contribution in [0, 0.1) is 0 Å². The van der Waals surface area contributed by atoms with E-state index in [2.05, 4.69) is 241 Å². The van der Waals surface area contributed by atoms with Crippen LogP contribution in [0.3, 0.4) is 0 Å². The molecule has 0 unspecified atom stereocenters. The average Bonchev–Trinajstić information content (AvgIpc) is 3.74. The molecule has 0 atom stereocenters. The van der Waals surface area contributed by atoms with E-state index in [-0.39, 0.29) is 0 Å². The summed E-state index contributed by atoms with van der Waals surface area (Å²) in [7, 11) is 0. The Labute approximate surface area is 365 Å². The molecule has 0 aliphatic carbocycles. The zero-order valence-electron chi connectivity index (χ0n) is 33.9. The molecule has 1 heterocycles. The number of thiophene rings is 1. The molecule has 0 fully saturated rings. The normalized spacial score (nSPS) is 11.5. The number of hydrogen-bond donors (Lipinski definition) is 0. The molecule has 12 aromatic rings. The van der Waals surface area contributed by atoms with Gasteiger partial charge in [0, 0.05) is 42.5 Å². The van der Waals surface area contributed by atoms with Gasteiger partial charge in [0.15, 0.2) is 0 Å². The highest BCUT2D eigenvalue weighted by Crippen LogP contribution is 2.50. The van der Waals surface area contributed by atoms with Crippen LogP contribution in [0.25, 0.3) is 97.0 Å². The van der Waals surface area contributed by atoms with Crippen molar-refractivity contribution in [3.05, 3.63) is 237 Å². The average molecular weight is 806 g/mol. The van der Waals surface area contributed by atoms with Gasteiger partial charge in [0.1, 0.15) is 0 Å². The minimum Gasteiger partial charge on any atom is -0.309 e. The topological polar surface area (TPSA) is 3.24 Å². The van der Waals surface area contributed by atoms with Crippen molar-refractivity contribution in [1.82, 2.24) is 0 Å². The van der Waals surface area contributed by atoms with E-state index in [1.807, 2.05) is 11.3 Å². The number of hydrogen-bond acceptors (Lipinski definition) is 2. The van der Waals surface area contributed by atoms with Gasteiger partial charge in [-0.05, 0) is 102 Å². The molecule has 1 nitrogen and oxygen atoms in total. The zero-order chi connectivity index (χ0) is 41.0. The van der Waals surface area contributed by atoms with Gasteiger partial charge >= 0.3 is 0 Å². The van der Waals surface area contributed by atoms with Crippen molar-refractivity contribution in [3.63, 3.8) is 0 Å². The van der Waals surface area contributed by atoms with E-state index in [0.29, 0.717) is 0 Å². The molecular weight excluding hydrogens is 767 g/mol. The first-order valence-electron chi connectivity index (χ1n) is 21.3. The highest BCUT2D eigenvalue weighted by atomic mass is 32.1. The second-order valence-electron chi connectivity index (χ2n) is 16.0. The summed E-state index contributed by atoms with van der Waals surface area (Å²) >= 11 is 1.88. The minimum absolute atomic E-state index is 1.09. The zero-order valence-corrected chi connectivity index (χ0v) is 34.7. The van der Waals surface area contributed by atoms with Gasteiger partial charge in [-0.15, -0.1) is 11.3 Å². The Hall–Kier alpha value is -7.78. The van der Waals surface area contributed by atoms with Crippen molar-refractivity contribution in [2.45, 2.75) is 0 Å². The first-order valence-corrected chi connectivity index (χ1v) is 22.1. The standard InChI is InChI=1S/C60H39NS/c1-2-16-41(17-3-1)48-19-6-7-20-49(48)42-31-35-46(36-32-42)61(47-37-33-43(34-38-47)50-26-14-27-56-53-23-12-13-28-57(53)62-60(50)56)59-55-25-11-9-22-52(55)51-21-8-10-24-54(51)58(59)45-30-29-40-15-4-5-18-44(40)39-45/h1-39H. The fourth-order valence-electron chi connectivity index (χ4n) is 9.56. The van der Waals surface area contributed by atoms with Crippen molar-refractivity contribution in [2.24, 2.45) is 0 Å². The van der Waals surface area contributed by atoms with E-state index in [4.69, 9.17) is 0 Å². The van der Waals surface area contributed by atoms with E-state index in [1.165, 1.54) is 97.0 Å². The minimum atomic E-state index is 1.09. The monoisotopic (exact) mass is 805 g/mol. The van der Waals surface area contributed by atoms with Crippen molar-refractivity contribution in [3.8, 4) is 44.5 Å². The molecule has 11 aromatic carbocycles. The molecule has 2 heteroatoms. The molecule has 0 N–H and O–H groups in total. The maximum absolute atomic E-state index is 2.50. The van der Waals surface area contributed by atoms with Crippen molar-refractivity contribution in [2.75, 3.05) is 4.90 Å². The van der Waals surface area contributed by atoms with Crippen LogP contribution in [0.4, 0.5) is 17.1 Å². The maximum atomic E-state index is 2.50. The summed E-state index contributed by atoms with van der Waals surface area (Å²) in [5.41, 5.74) is 13.0. The van der Waals surface area contributed by atoms with Gasteiger partial charge in [0.05, 0.1) is 5.69 Å². The predicted molar refractivity (Wildman–Crippen MR) is 268 cm³/mol. The lowest BCUT2D eigenvalue weighted by molar-refractivity contribution is 1.30. The van der Waals surface area contributed by atoms with Gasteiger partial charge in [0.25, 0.3) is 0 Å². The van der Waals surface area contributed by atoms with Gasteiger partial charge in [-0.25, -0.2) is 0 Å². The molecule has 62 heavy (non-hydrogen) atoms. The molecule has 0 amide bonds. The maximum Gasteiger partial charge on any atom is 0.0624 e. The van der Waals surface area contributed by atoms with Crippen molar-refractivity contribution >= 4 is 80.9 Å². The molecule has 290 valence electrons. The summed E-state index contributed by atoms with van der Waals surface area (Å²) in [6.45, 7) is 0. The number of fused-ring (bicyclic) bond motifs is 7. The van der Waals surface area contributed by atoms with Gasteiger partial charge < -0.3 is 4.90 Å². The highest BCUT2D eigenvalue weighted by molar-refractivity contribution is 7.26. The van der Waals surface area contributed by atoms with Crippen LogP contribution in [-0.2, 0) is 0 Å². The summed E-state index contributed by atoms with van der Waals surface area (Å²) in [6, 6.07) is 86.8. The molecule has 0 spiro atoms. The van der Waals surface area contributed by atoms with Gasteiger partial charge in [-0.3, -0.25) is 0 Å². The van der Waals surface area contributed by atoms with Gasteiger partial charge in [-0.1, -0.05) is 200 Å². The van der Waals surface area contributed by atoms with Crippen LogP contribution in [0.15, 0.2) is 237 Å². The predicted octanol–water partition coefficient (Wildman–Crippen LogP) is 17.7. The Morgan fingerprint density at radius 2 is 0.774 bits per heavy atom. The molecule has 12 rings (SSSR count). The molecule has 0 saturated heterocycles. The van der Waals surface area contributed by atoms with Crippen LogP contribution >= 0.6 is 11.3 Å². The molecule has 0 aliphatic heterocycles. The molecular formula is C60H39NS. The number of rotatable bonds is 7. The van der Waals surface area contributed by atoms with Crippen LogP contribution in [-0.4, -0.2) is 0 Å². The second kappa shape index (κ2) is 15.0. The van der Waals surface area contributed by atoms with Gasteiger partial charge in [0.2, 0.25) is 0 Å². The van der Waals surface area contributed by atoms with E-state index in [9.17, 15) is 0 Å². The molecule has 0 bridgehead atoms. The van der Waals surface area contributed by atoms with Crippen LogP contribution in [0.1, 0.15) is 0 Å². The lowest BCUT2D eigenvalue weighted by Crippen LogP contribution is -2.12. The summed E-state index contributed by atoms with van der Waals surface area (Å²) in [4.78, 5) is 2.50. The van der Waals surface area contributed by atoms with E-state index in [1.54, 1.807) is 0 Å². The van der Waals surface area contributed by atoms with Gasteiger partial charge in [-0.2, -0.15) is 0 Å². The first kappa shape index (κ1) is 36.1. The Morgan fingerprint density at radius 1 is 0.290 bits per heavy atom. The lowest BCUT2D eigenvalue weighted by atomic mass is 9.89. The largest absolute Gasteiger partial charge is 0.309 e.